The summed E-state index contributed by atoms with van der Waals surface area (Å²) in [6.07, 6.45) is 5.43. The molecule has 0 amide bonds. The Kier molecular flexibility index (Phi) is 3.10. The third kappa shape index (κ3) is 1.99. The van der Waals surface area contributed by atoms with Crippen LogP contribution in [-0.4, -0.2) is 0 Å². The van der Waals surface area contributed by atoms with Crippen LogP contribution in [0.25, 0.3) is 0 Å². The standard InChI is InChI=1S/C11H15BrS/c1-2-9-6-7-10(13-9)11(12)8-4-3-5-8/h6-8,11H,2-5H2,1H3. The summed E-state index contributed by atoms with van der Waals surface area (Å²) in [4.78, 5) is 3.67. The van der Waals surface area contributed by atoms with E-state index in [9.17, 15) is 0 Å². The highest BCUT2D eigenvalue weighted by Crippen LogP contribution is 2.44. The maximum atomic E-state index is 3.82. The van der Waals surface area contributed by atoms with Crippen molar-refractivity contribution in [1.82, 2.24) is 0 Å². The Labute approximate surface area is 92.5 Å². The minimum atomic E-state index is 0.631. The fourth-order valence-electron chi connectivity index (χ4n) is 1.70. The van der Waals surface area contributed by atoms with Crippen molar-refractivity contribution in [1.29, 1.82) is 0 Å². The monoisotopic (exact) mass is 258 g/mol. The molecular weight excluding hydrogens is 244 g/mol. The van der Waals surface area contributed by atoms with Gasteiger partial charge in [-0.3, -0.25) is 0 Å². The molecule has 13 heavy (non-hydrogen) atoms. The van der Waals surface area contributed by atoms with Gasteiger partial charge in [0.1, 0.15) is 0 Å². The molecule has 1 aliphatic rings. The van der Waals surface area contributed by atoms with Gasteiger partial charge in [-0.1, -0.05) is 29.3 Å². The summed E-state index contributed by atoms with van der Waals surface area (Å²) >= 11 is 5.79. The normalized spacial score (nSPS) is 19.8. The third-order valence-corrected chi connectivity index (χ3v) is 5.72. The van der Waals surface area contributed by atoms with E-state index in [0.29, 0.717) is 4.83 Å². The van der Waals surface area contributed by atoms with Gasteiger partial charge in [-0.05, 0) is 37.3 Å². The van der Waals surface area contributed by atoms with Crippen LogP contribution in [0.3, 0.4) is 0 Å². The van der Waals surface area contributed by atoms with Crippen molar-refractivity contribution in [2.45, 2.75) is 37.4 Å². The smallest absolute Gasteiger partial charge is 0.0517 e. The van der Waals surface area contributed by atoms with E-state index >= 15 is 0 Å². The average Bonchev–Trinajstić information content (AvgIpc) is 2.48. The lowest BCUT2D eigenvalue weighted by molar-refractivity contribution is 0.314. The lowest BCUT2D eigenvalue weighted by atomic mass is 9.82. The Morgan fingerprint density at radius 3 is 2.77 bits per heavy atom. The number of hydrogen-bond acceptors (Lipinski definition) is 1. The summed E-state index contributed by atoms with van der Waals surface area (Å²) in [5, 5.41) is 0. The predicted octanol–water partition coefficient (Wildman–Crippen LogP) is 4.55. The quantitative estimate of drug-likeness (QED) is 0.699. The summed E-state index contributed by atoms with van der Waals surface area (Å²) in [5.41, 5.74) is 0. The van der Waals surface area contributed by atoms with E-state index in [1.807, 2.05) is 11.3 Å². The molecule has 0 aliphatic heterocycles. The van der Waals surface area contributed by atoms with Crippen LogP contribution in [0, 0.1) is 5.92 Å². The number of halogens is 1. The molecule has 0 aromatic carbocycles. The van der Waals surface area contributed by atoms with Gasteiger partial charge >= 0.3 is 0 Å². The highest BCUT2D eigenvalue weighted by molar-refractivity contribution is 9.09. The van der Waals surface area contributed by atoms with E-state index in [-0.39, 0.29) is 0 Å². The lowest BCUT2D eigenvalue weighted by Gasteiger charge is -2.29. The fraction of sp³-hybridized carbons (Fsp3) is 0.636. The molecule has 0 bridgehead atoms. The Bertz CT molecular complexity index is 275. The van der Waals surface area contributed by atoms with Gasteiger partial charge in [0.05, 0.1) is 4.83 Å². The second-order valence-corrected chi connectivity index (χ2v) is 5.94. The van der Waals surface area contributed by atoms with Crippen molar-refractivity contribution in [2.24, 2.45) is 5.92 Å². The van der Waals surface area contributed by atoms with Crippen molar-refractivity contribution in [2.75, 3.05) is 0 Å². The van der Waals surface area contributed by atoms with Crippen LogP contribution in [0.4, 0.5) is 0 Å². The summed E-state index contributed by atoms with van der Waals surface area (Å²) in [5.74, 6) is 0.906. The van der Waals surface area contributed by atoms with Gasteiger partial charge < -0.3 is 0 Å². The van der Waals surface area contributed by atoms with Crippen molar-refractivity contribution >= 4 is 27.3 Å². The van der Waals surface area contributed by atoms with Crippen molar-refractivity contribution < 1.29 is 0 Å². The number of aryl methyl sites for hydroxylation is 1. The maximum Gasteiger partial charge on any atom is 0.0517 e. The Hall–Kier alpha value is 0.180. The third-order valence-electron chi connectivity index (χ3n) is 2.87. The van der Waals surface area contributed by atoms with Gasteiger partial charge in [0.2, 0.25) is 0 Å². The van der Waals surface area contributed by atoms with E-state index < -0.39 is 0 Å². The van der Waals surface area contributed by atoms with Crippen LogP contribution < -0.4 is 0 Å². The average molecular weight is 259 g/mol. The van der Waals surface area contributed by atoms with E-state index in [2.05, 4.69) is 35.0 Å². The number of hydrogen-bond donors (Lipinski definition) is 0. The molecule has 1 heterocycles. The van der Waals surface area contributed by atoms with Crippen LogP contribution >= 0.6 is 27.3 Å². The summed E-state index contributed by atoms with van der Waals surface area (Å²) < 4.78 is 0. The zero-order valence-electron chi connectivity index (χ0n) is 7.92. The molecule has 2 heteroatoms. The number of alkyl halides is 1. The minimum absolute atomic E-state index is 0.631. The highest BCUT2D eigenvalue weighted by atomic mass is 79.9. The molecule has 1 fully saturated rings. The Morgan fingerprint density at radius 1 is 1.54 bits per heavy atom. The van der Waals surface area contributed by atoms with Gasteiger partial charge in [0.15, 0.2) is 0 Å². The van der Waals surface area contributed by atoms with Gasteiger partial charge in [-0.2, -0.15) is 0 Å². The number of rotatable bonds is 3. The molecule has 1 aromatic heterocycles. The van der Waals surface area contributed by atoms with E-state index in [1.165, 1.54) is 35.4 Å². The molecule has 0 nitrogen and oxygen atoms in total. The molecule has 1 atom stereocenters. The first-order chi connectivity index (χ1) is 6.31. The molecule has 1 aromatic rings. The SMILES string of the molecule is CCc1ccc(C(Br)C2CCC2)s1. The van der Waals surface area contributed by atoms with E-state index in [0.717, 1.165) is 5.92 Å². The Balaban J connectivity index is 2.05. The topological polar surface area (TPSA) is 0 Å². The zero-order chi connectivity index (χ0) is 9.26. The van der Waals surface area contributed by atoms with Crippen molar-refractivity contribution in [3.8, 4) is 0 Å². The van der Waals surface area contributed by atoms with Gasteiger partial charge in [0, 0.05) is 9.75 Å². The lowest BCUT2D eigenvalue weighted by Crippen LogP contribution is -2.15. The molecular formula is C11H15BrS. The first kappa shape index (κ1) is 9.72. The molecule has 0 N–H and O–H groups in total. The molecule has 0 spiro atoms. The highest BCUT2D eigenvalue weighted by Gasteiger charge is 2.27. The zero-order valence-corrected chi connectivity index (χ0v) is 10.3. The first-order valence-electron chi connectivity index (χ1n) is 5.04. The summed E-state index contributed by atoms with van der Waals surface area (Å²) in [7, 11) is 0. The molecule has 1 unspecified atom stereocenters. The summed E-state index contributed by atoms with van der Waals surface area (Å²) in [6, 6.07) is 4.56. The fourth-order valence-corrected chi connectivity index (χ4v) is 3.68. The van der Waals surface area contributed by atoms with Gasteiger partial charge in [-0.25, -0.2) is 0 Å². The van der Waals surface area contributed by atoms with Crippen LogP contribution in [0.5, 0.6) is 0 Å². The Morgan fingerprint density at radius 2 is 2.31 bits per heavy atom. The largest absolute Gasteiger partial charge is 0.144 e. The van der Waals surface area contributed by atoms with Gasteiger partial charge in [0.25, 0.3) is 0 Å². The first-order valence-corrected chi connectivity index (χ1v) is 6.77. The second kappa shape index (κ2) is 4.14. The second-order valence-electron chi connectivity index (χ2n) is 3.75. The van der Waals surface area contributed by atoms with E-state index in [4.69, 9.17) is 0 Å². The minimum Gasteiger partial charge on any atom is -0.144 e. The van der Waals surface area contributed by atoms with Crippen LogP contribution in [0.1, 0.15) is 40.8 Å². The molecule has 0 radical (unpaired) electrons. The van der Waals surface area contributed by atoms with Crippen molar-refractivity contribution in [3.63, 3.8) is 0 Å². The van der Waals surface area contributed by atoms with Crippen LogP contribution in [0.2, 0.25) is 0 Å². The van der Waals surface area contributed by atoms with E-state index in [1.54, 1.807) is 0 Å². The van der Waals surface area contributed by atoms with Crippen molar-refractivity contribution in [3.05, 3.63) is 21.9 Å². The molecule has 1 aliphatic carbocycles. The maximum absolute atomic E-state index is 3.82. The molecule has 72 valence electrons. The van der Waals surface area contributed by atoms with Crippen LogP contribution in [0.15, 0.2) is 12.1 Å². The number of thiophene rings is 1. The van der Waals surface area contributed by atoms with Gasteiger partial charge in [-0.15, -0.1) is 11.3 Å². The molecule has 0 saturated heterocycles. The molecule has 2 rings (SSSR count). The summed E-state index contributed by atoms with van der Waals surface area (Å²) in [6.45, 7) is 2.22. The molecule has 1 saturated carbocycles. The predicted molar refractivity (Wildman–Crippen MR) is 62.7 cm³/mol. The van der Waals surface area contributed by atoms with Crippen LogP contribution in [-0.2, 0) is 6.42 Å².